The van der Waals surface area contributed by atoms with Crippen LogP contribution in [0.4, 0.5) is 5.82 Å². The third-order valence-corrected chi connectivity index (χ3v) is 3.67. The minimum atomic E-state index is 0.518. The zero-order valence-electron chi connectivity index (χ0n) is 17.4. The zero-order chi connectivity index (χ0) is 20.9. The second kappa shape index (κ2) is 12.1. The molecule has 0 spiro atoms. The number of nitrogens with one attached hydrogen (secondary N) is 1. The van der Waals surface area contributed by atoms with Crippen LogP contribution in [0, 0.1) is 0 Å². The number of hydrogen-bond acceptors (Lipinski definition) is 5. The van der Waals surface area contributed by atoms with Gasteiger partial charge in [0, 0.05) is 23.7 Å². The molecule has 0 aliphatic rings. The molecule has 2 heterocycles. The minimum Gasteiger partial charge on any atom is -0.338 e. The molecular formula is C23H29N5. The molecule has 2 rings (SSSR count). The van der Waals surface area contributed by atoms with E-state index in [9.17, 15) is 0 Å². The number of anilines is 1. The molecule has 0 radical (unpaired) electrons. The third kappa shape index (κ3) is 5.84. The van der Waals surface area contributed by atoms with Crippen LogP contribution in [0.5, 0.6) is 0 Å². The maximum Gasteiger partial charge on any atom is 0.184 e. The van der Waals surface area contributed by atoms with Gasteiger partial charge in [-0.1, -0.05) is 63.5 Å². The molecule has 1 N–H and O–H groups in total. The number of nitrogens with zero attached hydrogens (tertiary/aromatic N) is 4. The van der Waals surface area contributed by atoms with Gasteiger partial charge in [-0.2, -0.15) is 0 Å². The van der Waals surface area contributed by atoms with Crippen molar-refractivity contribution in [3.63, 3.8) is 0 Å². The molecule has 2 aromatic rings. The Hall–Kier alpha value is -3.34. The summed E-state index contributed by atoms with van der Waals surface area (Å²) in [5, 5.41) is 3.34. The van der Waals surface area contributed by atoms with E-state index in [1.807, 2.05) is 65.0 Å². The van der Waals surface area contributed by atoms with Gasteiger partial charge in [0.1, 0.15) is 0 Å². The van der Waals surface area contributed by atoms with E-state index in [1.54, 1.807) is 24.5 Å². The van der Waals surface area contributed by atoms with Gasteiger partial charge in [0.2, 0.25) is 0 Å². The number of hydrogen-bond donors (Lipinski definition) is 1. The van der Waals surface area contributed by atoms with E-state index in [1.165, 1.54) is 0 Å². The van der Waals surface area contributed by atoms with E-state index in [4.69, 9.17) is 0 Å². The quantitative estimate of drug-likeness (QED) is 0.598. The predicted octanol–water partition coefficient (Wildman–Crippen LogP) is 6.04. The summed E-state index contributed by atoms with van der Waals surface area (Å²) in [6.45, 7) is 17.6. The smallest absolute Gasteiger partial charge is 0.184 e. The molecule has 0 amide bonds. The molecule has 5 nitrogen and oxygen atoms in total. The van der Waals surface area contributed by atoms with E-state index in [0.29, 0.717) is 22.8 Å². The highest BCUT2D eigenvalue weighted by Crippen LogP contribution is 2.23. The summed E-state index contributed by atoms with van der Waals surface area (Å²) in [6, 6.07) is 0. The van der Waals surface area contributed by atoms with Gasteiger partial charge in [0.05, 0.1) is 0 Å². The van der Waals surface area contributed by atoms with Crippen molar-refractivity contribution in [3.05, 3.63) is 85.2 Å². The van der Waals surface area contributed by atoms with Crippen LogP contribution in [0.25, 0.3) is 16.7 Å². The van der Waals surface area contributed by atoms with Gasteiger partial charge in [0.15, 0.2) is 22.8 Å². The molecule has 0 aromatic carbocycles. The summed E-state index contributed by atoms with van der Waals surface area (Å²) in [7, 11) is 0. The molecule has 0 saturated heterocycles. The lowest BCUT2D eigenvalue weighted by Crippen LogP contribution is -2.07. The molecule has 0 atom stereocenters. The second-order valence-electron chi connectivity index (χ2n) is 5.39. The molecule has 0 saturated carbocycles. The van der Waals surface area contributed by atoms with Crippen molar-refractivity contribution < 1.29 is 0 Å². The van der Waals surface area contributed by atoms with E-state index >= 15 is 0 Å². The van der Waals surface area contributed by atoms with Crippen LogP contribution in [0.2, 0.25) is 0 Å². The van der Waals surface area contributed by atoms with Crippen molar-refractivity contribution in [2.24, 2.45) is 0 Å². The van der Waals surface area contributed by atoms with Gasteiger partial charge >= 0.3 is 0 Å². The molecule has 0 fully saturated rings. The standard InChI is InChI=1S/C21H23N5.C2H6/c1-6-10-12-16(9-4)19-25-20-18(22-13-14-23-20)21(26-19)24-17(11-7-2)15(5)8-3;1-2/h6-14H,2,4H2,1,3,5H3,(H,23,24,25,26);1-2H3/b10-6-,15-8-,16-12+,17-11+;. The lowest BCUT2D eigenvalue weighted by molar-refractivity contribution is 1.11. The third-order valence-electron chi connectivity index (χ3n) is 3.67. The van der Waals surface area contributed by atoms with Crippen LogP contribution in [0.3, 0.4) is 0 Å². The van der Waals surface area contributed by atoms with Crippen molar-refractivity contribution in [1.29, 1.82) is 0 Å². The summed E-state index contributed by atoms with van der Waals surface area (Å²) >= 11 is 0. The molecule has 2 aromatic heterocycles. The first-order valence-electron chi connectivity index (χ1n) is 9.32. The largest absolute Gasteiger partial charge is 0.338 e. The zero-order valence-corrected chi connectivity index (χ0v) is 17.4. The summed E-state index contributed by atoms with van der Waals surface area (Å²) in [4.78, 5) is 17.9. The number of fused-ring (bicyclic) bond motifs is 1. The Balaban J connectivity index is 0.00000190. The minimum absolute atomic E-state index is 0.518. The molecule has 0 bridgehead atoms. The SMILES string of the molecule is C=C/C=C(Nc1nc(/C(C=C)=C/C=C\C)nc2nccnc12)\C(C)=C/C.CC. The van der Waals surface area contributed by atoms with E-state index < -0.39 is 0 Å². The van der Waals surface area contributed by atoms with Crippen LogP contribution in [-0.2, 0) is 0 Å². The van der Waals surface area contributed by atoms with Gasteiger partial charge < -0.3 is 5.32 Å². The molecule has 0 aliphatic carbocycles. The Morgan fingerprint density at radius 2 is 1.75 bits per heavy atom. The Kier molecular flexibility index (Phi) is 9.83. The summed E-state index contributed by atoms with van der Waals surface area (Å²) in [6.07, 6.45) is 16.4. The fourth-order valence-corrected chi connectivity index (χ4v) is 2.19. The van der Waals surface area contributed by atoms with Crippen molar-refractivity contribution in [2.75, 3.05) is 5.32 Å². The number of rotatable bonds is 7. The Bertz CT molecular complexity index is 933. The number of allylic oxidation sites excluding steroid dienone is 9. The first-order chi connectivity index (χ1) is 13.6. The van der Waals surface area contributed by atoms with Crippen molar-refractivity contribution >= 4 is 22.6 Å². The fourth-order valence-electron chi connectivity index (χ4n) is 2.19. The van der Waals surface area contributed by atoms with Crippen LogP contribution >= 0.6 is 0 Å². The average molecular weight is 376 g/mol. The predicted molar refractivity (Wildman–Crippen MR) is 121 cm³/mol. The summed E-state index contributed by atoms with van der Waals surface area (Å²) < 4.78 is 0. The van der Waals surface area contributed by atoms with Gasteiger partial charge in [0.25, 0.3) is 0 Å². The van der Waals surface area contributed by atoms with Crippen LogP contribution < -0.4 is 5.32 Å². The Morgan fingerprint density at radius 1 is 1.04 bits per heavy atom. The molecule has 146 valence electrons. The van der Waals surface area contributed by atoms with Crippen molar-refractivity contribution in [1.82, 2.24) is 19.9 Å². The van der Waals surface area contributed by atoms with Crippen molar-refractivity contribution in [3.8, 4) is 0 Å². The summed E-state index contributed by atoms with van der Waals surface area (Å²) in [5.74, 6) is 1.12. The van der Waals surface area contributed by atoms with Gasteiger partial charge in [-0.3, -0.25) is 0 Å². The van der Waals surface area contributed by atoms with Crippen molar-refractivity contribution in [2.45, 2.75) is 34.6 Å². The van der Waals surface area contributed by atoms with E-state index in [2.05, 4.69) is 38.4 Å². The van der Waals surface area contributed by atoms with Gasteiger partial charge in [-0.25, -0.2) is 19.9 Å². The summed E-state index contributed by atoms with van der Waals surface area (Å²) in [5.41, 5.74) is 3.87. The maximum absolute atomic E-state index is 4.66. The normalized spacial score (nSPS) is 12.5. The highest BCUT2D eigenvalue weighted by molar-refractivity contribution is 5.85. The van der Waals surface area contributed by atoms with Gasteiger partial charge in [-0.05, 0) is 32.4 Å². The van der Waals surface area contributed by atoms with E-state index in [0.717, 1.165) is 16.8 Å². The second-order valence-corrected chi connectivity index (χ2v) is 5.39. The average Bonchev–Trinajstić information content (AvgIpc) is 2.74. The van der Waals surface area contributed by atoms with Crippen LogP contribution in [-0.4, -0.2) is 19.9 Å². The van der Waals surface area contributed by atoms with Crippen LogP contribution in [0.1, 0.15) is 40.4 Å². The maximum atomic E-state index is 4.66. The van der Waals surface area contributed by atoms with Crippen LogP contribution in [0.15, 0.2) is 79.4 Å². The fraction of sp³-hybridized carbons (Fsp3) is 0.217. The Labute approximate surface area is 168 Å². The Morgan fingerprint density at radius 3 is 2.36 bits per heavy atom. The topological polar surface area (TPSA) is 63.6 Å². The van der Waals surface area contributed by atoms with Gasteiger partial charge in [-0.15, -0.1) is 0 Å². The molecule has 5 heteroatoms. The lowest BCUT2D eigenvalue weighted by atomic mass is 10.2. The highest BCUT2D eigenvalue weighted by atomic mass is 15.1. The first kappa shape index (κ1) is 22.7. The monoisotopic (exact) mass is 375 g/mol. The highest BCUT2D eigenvalue weighted by Gasteiger charge is 2.13. The molecular weight excluding hydrogens is 346 g/mol. The lowest BCUT2D eigenvalue weighted by Gasteiger charge is -2.13. The molecule has 28 heavy (non-hydrogen) atoms. The molecule has 0 aliphatic heterocycles. The molecule has 0 unspecified atom stereocenters. The first-order valence-corrected chi connectivity index (χ1v) is 9.32. The van der Waals surface area contributed by atoms with E-state index in [-0.39, 0.29) is 0 Å². The number of aromatic nitrogens is 4.